The molecule has 1 aromatic carbocycles. The van der Waals surface area contributed by atoms with E-state index in [1.165, 1.54) is 0 Å². The molecule has 7 heteroatoms. The molecule has 2 aliphatic carbocycles. The molecule has 0 radical (unpaired) electrons. The van der Waals surface area contributed by atoms with Crippen LogP contribution in [0.25, 0.3) is 0 Å². The maximum Gasteiger partial charge on any atom is 0.251 e. The lowest BCUT2D eigenvalue weighted by atomic mass is 9.94. The van der Waals surface area contributed by atoms with Crippen LogP contribution in [0.2, 0.25) is 0 Å². The van der Waals surface area contributed by atoms with Crippen LogP contribution in [0, 0.1) is 12.8 Å². The van der Waals surface area contributed by atoms with Gasteiger partial charge in [0, 0.05) is 42.0 Å². The number of benzene rings is 1. The number of thiazole rings is 1. The molecule has 0 unspecified atom stereocenters. The zero-order valence-electron chi connectivity index (χ0n) is 18.8. The maximum atomic E-state index is 13.4. The molecule has 1 aromatic heterocycles. The van der Waals surface area contributed by atoms with Crippen LogP contribution in [-0.2, 0) is 17.9 Å². The van der Waals surface area contributed by atoms with Gasteiger partial charge in [0.1, 0.15) is 0 Å². The molecular formula is C25H32N4O2S. The summed E-state index contributed by atoms with van der Waals surface area (Å²) >= 11 is 1.70. The summed E-state index contributed by atoms with van der Waals surface area (Å²) in [5.41, 5.74) is 2.95. The third kappa shape index (κ3) is 5.38. The Labute approximate surface area is 194 Å². The summed E-state index contributed by atoms with van der Waals surface area (Å²) in [4.78, 5) is 34.7. The topological polar surface area (TPSA) is 65.5 Å². The van der Waals surface area contributed by atoms with Crippen molar-refractivity contribution in [1.82, 2.24) is 20.1 Å². The maximum absolute atomic E-state index is 13.4. The van der Waals surface area contributed by atoms with Gasteiger partial charge < -0.3 is 10.2 Å². The van der Waals surface area contributed by atoms with Gasteiger partial charge in [-0.25, -0.2) is 4.98 Å². The molecule has 2 amide bonds. The Kier molecular flexibility index (Phi) is 6.28. The summed E-state index contributed by atoms with van der Waals surface area (Å²) in [6.07, 6.45) is 6.24. The molecule has 5 rings (SSSR count). The van der Waals surface area contributed by atoms with Gasteiger partial charge in [0.05, 0.1) is 10.7 Å². The van der Waals surface area contributed by atoms with Gasteiger partial charge in [-0.15, -0.1) is 11.3 Å². The monoisotopic (exact) mass is 452 g/mol. The summed E-state index contributed by atoms with van der Waals surface area (Å²) in [5, 5.41) is 6.28. The predicted molar refractivity (Wildman–Crippen MR) is 125 cm³/mol. The number of likely N-dealkylation sites (tertiary alicyclic amines) is 1. The Hall–Kier alpha value is -2.25. The molecule has 1 saturated heterocycles. The second-order valence-electron chi connectivity index (χ2n) is 9.55. The van der Waals surface area contributed by atoms with Crippen molar-refractivity contribution in [2.45, 2.75) is 70.6 Å². The molecule has 2 heterocycles. The van der Waals surface area contributed by atoms with Crippen molar-refractivity contribution in [3.05, 3.63) is 51.5 Å². The van der Waals surface area contributed by atoms with E-state index in [4.69, 9.17) is 0 Å². The van der Waals surface area contributed by atoms with Gasteiger partial charge in [0.25, 0.3) is 5.91 Å². The number of carbonyl (C=O) groups is 2. The minimum atomic E-state index is 0.00810. The van der Waals surface area contributed by atoms with E-state index in [2.05, 4.69) is 25.5 Å². The van der Waals surface area contributed by atoms with Crippen LogP contribution in [0.15, 0.2) is 29.6 Å². The van der Waals surface area contributed by atoms with Crippen LogP contribution >= 0.6 is 11.3 Å². The molecule has 3 fully saturated rings. The predicted octanol–water partition coefficient (Wildman–Crippen LogP) is 3.75. The smallest absolute Gasteiger partial charge is 0.251 e. The van der Waals surface area contributed by atoms with E-state index in [1.807, 2.05) is 31.2 Å². The van der Waals surface area contributed by atoms with Gasteiger partial charge >= 0.3 is 0 Å². The fraction of sp³-hybridized carbons (Fsp3) is 0.560. The number of hydrogen-bond acceptors (Lipinski definition) is 5. The van der Waals surface area contributed by atoms with Gasteiger partial charge in [-0.2, -0.15) is 0 Å². The first-order valence-corrected chi connectivity index (χ1v) is 12.8. The molecule has 1 N–H and O–H groups in total. The van der Waals surface area contributed by atoms with Crippen LogP contribution in [0.4, 0.5) is 0 Å². The number of nitrogens with one attached hydrogen (secondary N) is 1. The zero-order valence-corrected chi connectivity index (χ0v) is 19.6. The third-order valence-corrected chi connectivity index (χ3v) is 7.56. The fourth-order valence-corrected chi connectivity index (χ4v) is 5.11. The average Bonchev–Trinajstić information content (AvgIpc) is 3.73. The van der Waals surface area contributed by atoms with Crippen molar-refractivity contribution in [3.63, 3.8) is 0 Å². The standard InChI is InChI=1S/C25H32N4O2S/c1-17-26-22(16-32-17)15-28-12-10-20(11-13-28)25(31)29(23-8-9-23)14-18-2-4-19(5-3-18)24(30)27-21-6-7-21/h2-5,16,20-21,23H,6-15H2,1H3,(H,27,30). The third-order valence-electron chi connectivity index (χ3n) is 6.74. The minimum Gasteiger partial charge on any atom is -0.349 e. The lowest BCUT2D eigenvalue weighted by molar-refractivity contribution is -0.138. The first kappa shape index (κ1) is 21.6. The Morgan fingerprint density at radius 3 is 2.41 bits per heavy atom. The van der Waals surface area contributed by atoms with Crippen LogP contribution in [-0.4, -0.2) is 51.8 Å². The highest BCUT2D eigenvalue weighted by molar-refractivity contribution is 7.09. The Balaban J connectivity index is 1.15. The summed E-state index contributed by atoms with van der Waals surface area (Å²) in [6.45, 7) is 5.49. The van der Waals surface area contributed by atoms with Crippen molar-refractivity contribution in [3.8, 4) is 0 Å². The second-order valence-corrected chi connectivity index (χ2v) is 10.6. The Bertz CT molecular complexity index is 957. The number of rotatable bonds is 8. The van der Waals surface area contributed by atoms with Crippen LogP contribution in [0.5, 0.6) is 0 Å². The van der Waals surface area contributed by atoms with Crippen molar-refractivity contribution in [1.29, 1.82) is 0 Å². The van der Waals surface area contributed by atoms with Crippen LogP contribution < -0.4 is 5.32 Å². The minimum absolute atomic E-state index is 0.00810. The fourth-order valence-electron chi connectivity index (χ4n) is 4.51. The van der Waals surface area contributed by atoms with Crippen molar-refractivity contribution < 1.29 is 9.59 Å². The molecule has 2 aromatic rings. The number of amides is 2. The molecule has 170 valence electrons. The molecule has 32 heavy (non-hydrogen) atoms. The highest BCUT2D eigenvalue weighted by Gasteiger charge is 2.37. The van der Waals surface area contributed by atoms with E-state index < -0.39 is 0 Å². The number of aryl methyl sites for hydroxylation is 1. The molecule has 0 spiro atoms. The highest BCUT2D eigenvalue weighted by Crippen LogP contribution is 2.32. The van der Waals surface area contributed by atoms with Crippen LogP contribution in [0.3, 0.4) is 0 Å². The number of carbonyl (C=O) groups excluding carboxylic acids is 2. The van der Waals surface area contributed by atoms with Gasteiger partial charge in [-0.1, -0.05) is 12.1 Å². The number of hydrogen-bond donors (Lipinski definition) is 1. The second kappa shape index (κ2) is 9.32. The summed E-state index contributed by atoms with van der Waals surface area (Å²) in [5.74, 6) is 0.438. The van der Waals surface area contributed by atoms with Gasteiger partial charge in [-0.3, -0.25) is 14.5 Å². The largest absolute Gasteiger partial charge is 0.349 e. The Morgan fingerprint density at radius 2 is 1.81 bits per heavy atom. The molecule has 3 aliphatic rings. The lowest BCUT2D eigenvalue weighted by Crippen LogP contribution is -2.43. The molecular weight excluding hydrogens is 420 g/mol. The summed E-state index contributed by atoms with van der Waals surface area (Å²) < 4.78 is 0. The average molecular weight is 453 g/mol. The van der Waals surface area contributed by atoms with E-state index >= 15 is 0 Å². The van der Waals surface area contributed by atoms with Gasteiger partial charge in [-0.05, 0) is 76.2 Å². The van der Waals surface area contributed by atoms with Crippen molar-refractivity contribution in [2.75, 3.05) is 13.1 Å². The number of piperidine rings is 1. The molecule has 0 atom stereocenters. The van der Waals surface area contributed by atoms with E-state index in [0.717, 1.165) is 74.4 Å². The van der Waals surface area contributed by atoms with Crippen molar-refractivity contribution >= 4 is 23.2 Å². The van der Waals surface area contributed by atoms with E-state index in [9.17, 15) is 9.59 Å². The zero-order chi connectivity index (χ0) is 22.1. The quantitative estimate of drug-likeness (QED) is 0.663. The van der Waals surface area contributed by atoms with Crippen molar-refractivity contribution in [2.24, 2.45) is 5.92 Å². The normalized spacial score (nSPS) is 19.7. The molecule has 1 aliphatic heterocycles. The lowest BCUT2D eigenvalue weighted by Gasteiger charge is -2.34. The van der Waals surface area contributed by atoms with Gasteiger partial charge in [0.2, 0.25) is 5.91 Å². The molecule has 0 bridgehead atoms. The van der Waals surface area contributed by atoms with E-state index in [1.54, 1.807) is 11.3 Å². The first-order valence-electron chi connectivity index (χ1n) is 11.9. The highest BCUT2D eigenvalue weighted by atomic mass is 32.1. The van der Waals surface area contributed by atoms with Crippen LogP contribution in [0.1, 0.15) is 65.1 Å². The van der Waals surface area contributed by atoms with E-state index in [0.29, 0.717) is 30.1 Å². The summed E-state index contributed by atoms with van der Waals surface area (Å²) in [7, 11) is 0. The van der Waals surface area contributed by atoms with E-state index in [-0.39, 0.29) is 11.8 Å². The first-order chi connectivity index (χ1) is 15.5. The SMILES string of the molecule is Cc1nc(CN2CCC(C(=O)N(Cc3ccc(C(=O)NC4CC4)cc3)C3CC3)CC2)cs1. The number of nitrogens with zero attached hydrogens (tertiary/aromatic N) is 3. The number of aromatic nitrogens is 1. The summed E-state index contributed by atoms with van der Waals surface area (Å²) in [6, 6.07) is 8.53. The molecule has 6 nitrogen and oxygen atoms in total. The molecule has 2 saturated carbocycles. The Morgan fingerprint density at radius 1 is 1.09 bits per heavy atom. The van der Waals surface area contributed by atoms with Gasteiger partial charge in [0.15, 0.2) is 0 Å².